The van der Waals surface area contributed by atoms with E-state index >= 15 is 0 Å². The zero-order chi connectivity index (χ0) is 13.2. The Kier molecular flexibility index (Phi) is 4.03. The van der Waals surface area contributed by atoms with E-state index in [4.69, 9.17) is 4.74 Å². The van der Waals surface area contributed by atoms with Gasteiger partial charge in [-0.15, -0.1) is 0 Å². The van der Waals surface area contributed by atoms with E-state index < -0.39 is 0 Å². The number of aryl methyl sites for hydroxylation is 1. The summed E-state index contributed by atoms with van der Waals surface area (Å²) in [4.78, 5) is 0. The molecule has 0 bridgehead atoms. The van der Waals surface area contributed by atoms with Crippen molar-refractivity contribution in [3.05, 3.63) is 35.1 Å². The molecule has 3 heteroatoms. The zero-order valence-electron chi connectivity index (χ0n) is 11.4. The lowest BCUT2D eigenvalue weighted by atomic mass is 9.94. The molecule has 1 fully saturated rings. The van der Waals surface area contributed by atoms with Gasteiger partial charge in [0, 0.05) is 19.2 Å². The molecule has 18 heavy (non-hydrogen) atoms. The average molecular weight is 251 g/mol. The molecule has 1 atom stereocenters. The van der Waals surface area contributed by atoms with Gasteiger partial charge in [-0.1, -0.05) is 12.1 Å². The molecular formula is C15H22FNO. The summed E-state index contributed by atoms with van der Waals surface area (Å²) >= 11 is 0. The van der Waals surface area contributed by atoms with E-state index in [2.05, 4.69) is 19.2 Å². The SMILES string of the molecule is Cc1cc(CNC2CCOC(C)(C)C2)ccc1F. The third-order valence-electron chi connectivity index (χ3n) is 3.51. The van der Waals surface area contributed by atoms with Crippen LogP contribution in [0.1, 0.15) is 37.8 Å². The molecule has 0 aromatic heterocycles. The Balaban J connectivity index is 1.89. The van der Waals surface area contributed by atoms with Crippen LogP contribution in [0.5, 0.6) is 0 Å². The maximum Gasteiger partial charge on any atom is 0.126 e. The first kappa shape index (κ1) is 13.5. The molecule has 2 rings (SSSR count). The molecule has 1 aliphatic heterocycles. The van der Waals surface area contributed by atoms with Crippen LogP contribution in [0, 0.1) is 12.7 Å². The molecule has 0 aliphatic carbocycles. The van der Waals surface area contributed by atoms with E-state index in [0.717, 1.165) is 31.6 Å². The van der Waals surface area contributed by atoms with Crippen LogP contribution in [-0.2, 0) is 11.3 Å². The molecule has 1 heterocycles. The zero-order valence-corrected chi connectivity index (χ0v) is 11.4. The minimum absolute atomic E-state index is 0.0331. The van der Waals surface area contributed by atoms with Gasteiger partial charge in [-0.2, -0.15) is 0 Å². The second-order valence-electron chi connectivity index (χ2n) is 5.76. The Bertz CT molecular complexity index is 417. The van der Waals surface area contributed by atoms with Gasteiger partial charge in [0.15, 0.2) is 0 Å². The highest BCUT2D eigenvalue weighted by Crippen LogP contribution is 2.24. The van der Waals surface area contributed by atoms with Crippen molar-refractivity contribution in [1.29, 1.82) is 0 Å². The van der Waals surface area contributed by atoms with E-state index in [9.17, 15) is 4.39 Å². The van der Waals surface area contributed by atoms with E-state index in [-0.39, 0.29) is 11.4 Å². The van der Waals surface area contributed by atoms with Gasteiger partial charge in [-0.05, 0) is 50.8 Å². The summed E-state index contributed by atoms with van der Waals surface area (Å²) in [6, 6.07) is 5.78. The minimum atomic E-state index is -0.133. The number of benzene rings is 1. The Labute approximate surface area is 109 Å². The van der Waals surface area contributed by atoms with Gasteiger partial charge in [-0.25, -0.2) is 4.39 Å². The van der Waals surface area contributed by atoms with E-state index in [1.807, 2.05) is 12.1 Å². The fourth-order valence-electron chi connectivity index (χ4n) is 2.49. The number of nitrogens with one attached hydrogen (secondary N) is 1. The molecule has 1 aliphatic rings. The van der Waals surface area contributed by atoms with Gasteiger partial charge < -0.3 is 10.1 Å². The van der Waals surface area contributed by atoms with E-state index in [1.54, 1.807) is 13.0 Å². The first-order valence-electron chi connectivity index (χ1n) is 6.59. The van der Waals surface area contributed by atoms with Crippen molar-refractivity contribution in [3.63, 3.8) is 0 Å². The molecule has 100 valence electrons. The number of halogens is 1. The highest BCUT2D eigenvalue weighted by molar-refractivity contribution is 5.23. The summed E-state index contributed by atoms with van der Waals surface area (Å²) in [5, 5.41) is 3.54. The standard InChI is InChI=1S/C15H22FNO/c1-11-8-12(4-5-14(11)16)10-17-13-6-7-18-15(2,3)9-13/h4-5,8,13,17H,6-7,9-10H2,1-3H3. The summed E-state index contributed by atoms with van der Waals surface area (Å²) in [6.45, 7) is 7.66. The Morgan fingerprint density at radius 3 is 2.89 bits per heavy atom. The molecule has 0 saturated carbocycles. The minimum Gasteiger partial charge on any atom is -0.375 e. The largest absolute Gasteiger partial charge is 0.375 e. The van der Waals surface area contributed by atoms with Crippen molar-refractivity contribution >= 4 is 0 Å². The molecule has 2 nitrogen and oxygen atoms in total. The highest BCUT2D eigenvalue weighted by atomic mass is 19.1. The van der Waals surface area contributed by atoms with Gasteiger partial charge in [-0.3, -0.25) is 0 Å². The van der Waals surface area contributed by atoms with Gasteiger partial charge >= 0.3 is 0 Å². The van der Waals surface area contributed by atoms with E-state index in [1.165, 1.54) is 0 Å². The number of rotatable bonds is 3. The normalized spacial score (nSPS) is 23.0. The van der Waals surface area contributed by atoms with Gasteiger partial charge in [0.1, 0.15) is 5.82 Å². The average Bonchev–Trinajstić information content (AvgIpc) is 2.29. The van der Waals surface area contributed by atoms with E-state index in [0.29, 0.717) is 11.6 Å². The summed E-state index contributed by atoms with van der Waals surface area (Å²) in [7, 11) is 0. The van der Waals surface area contributed by atoms with Crippen LogP contribution >= 0.6 is 0 Å². The van der Waals surface area contributed by atoms with Crippen molar-refractivity contribution < 1.29 is 9.13 Å². The summed E-state index contributed by atoms with van der Waals surface area (Å²) in [6.07, 6.45) is 2.07. The van der Waals surface area contributed by atoms with Gasteiger partial charge in [0.2, 0.25) is 0 Å². The molecule has 1 aromatic carbocycles. The van der Waals surface area contributed by atoms with Gasteiger partial charge in [0.05, 0.1) is 5.60 Å². The topological polar surface area (TPSA) is 21.3 Å². The fraction of sp³-hybridized carbons (Fsp3) is 0.600. The second kappa shape index (κ2) is 5.37. The van der Waals surface area contributed by atoms with Crippen molar-refractivity contribution in [3.8, 4) is 0 Å². The molecule has 1 unspecified atom stereocenters. The predicted molar refractivity (Wildman–Crippen MR) is 71.0 cm³/mol. The lowest BCUT2D eigenvalue weighted by molar-refractivity contribution is -0.0630. The molecule has 1 aromatic rings. The number of hydrogen-bond donors (Lipinski definition) is 1. The second-order valence-corrected chi connectivity index (χ2v) is 5.76. The Morgan fingerprint density at radius 2 is 2.22 bits per heavy atom. The number of ether oxygens (including phenoxy) is 1. The van der Waals surface area contributed by atoms with Gasteiger partial charge in [0.25, 0.3) is 0 Å². The van der Waals surface area contributed by atoms with Crippen LogP contribution in [0.4, 0.5) is 4.39 Å². The Hall–Kier alpha value is -0.930. The molecule has 1 saturated heterocycles. The molecule has 0 amide bonds. The molecule has 1 N–H and O–H groups in total. The van der Waals surface area contributed by atoms with Crippen LogP contribution in [0.3, 0.4) is 0 Å². The quantitative estimate of drug-likeness (QED) is 0.891. The monoisotopic (exact) mass is 251 g/mol. The Morgan fingerprint density at radius 1 is 1.44 bits per heavy atom. The lowest BCUT2D eigenvalue weighted by Crippen LogP contribution is -2.43. The van der Waals surface area contributed by atoms with Crippen LogP contribution in [0.15, 0.2) is 18.2 Å². The smallest absolute Gasteiger partial charge is 0.126 e. The molecular weight excluding hydrogens is 229 g/mol. The summed E-state index contributed by atoms with van der Waals surface area (Å²) in [5.41, 5.74) is 1.81. The molecule has 0 radical (unpaired) electrons. The maximum absolute atomic E-state index is 13.2. The van der Waals surface area contributed by atoms with Crippen LogP contribution < -0.4 is 5.32 Å². The highest BCUT2D eigenvalue weighted by Gasteiger charge is 2.28. The van der Waals surface area contributed by atoms with Crippen LogP contribution in [0.25, 0.3) is 0 Å². The van der Waals surface area contributed by atoms with Crippen molar-refractivity contribution in [2.75, 3.05) is 6.61 Å². The fourth-order valence-corrected chi connectivity index (χ4v) is 2.49. The third-order valence-corrected chi connectivity index (χ3v) is 3.51. The summed E-state index contributed by atoms with van der Waals surface area (Å²) < 4.78 is 18.9. The molecule has 0 spiro atoms. The van der Waals surface area contributed by atoms with Crippen molar-refractivity contribution in [2.24, 2.45) is 0 Å². The lowest BCUT2D eigenvalue weighted by Gasteiger charge is -2.36. The maximum atomic E-state index is 13.2. The van der Waals surface area contributed by atoms with Crippen LogP contribution in [-0.4, -0.2) is 18.2 Å². The van der Waals surface area contributed by atoms with Crippen molar-refractivity contribution in [1.82, 2.24) is 5.32 Å². The predicted octanol–water partition coefficient (Wildman–Crippen LogP) is 3.18. The van der Waals surface area contributed by atoms with Crippen LogP contribution in [0.2, 0.25) is 0 Å². The first-order chi connectivity index (χ1) is 8.46. The third kappa shape index (κ3) is 3.53. The number of hydrogen-bond acceptors (Lipinski definition) is 2. The van der Waals surface area contributed by atoms with Crippen molar-refractivity contribution in [2.45, 2.75) is 51.8 Å². The summed E-state index contributed by atoms with van der Waals surface area (Å²) in [5.74, 6) is -0.133. The first-order valence-corrected chi connectivity index (χ1v) is 6.59.